The van der Waals surface area contributed by atoms with E-state index in [1.807, 2.05) is 12.1 Å². The standard InChI is InChI=1S/C30H43FO/c1-3-4-5-6-22-9-14-25(15-10-22)26-16-11-23(12-17-26)7-8-24-13-19-28-27(21-24)18-20-29(32-2)30(28)31/h13,18-23,25-26H,3-12,14-17H2,1-2H3. The molecule has 2 heteroatoms. The fourth-order valence-electron chi connectivity index (χ4n) is 6.58. The topological polar surface area (TPSA) is 9.23 Å². The maximum atomic E-state index is 14.4. The molecule has 0 aliphatic heterocycles. The highest BCUT2D eigenvalue weighted by atomic mass is 19.1. The van der Waals surface area contributed by atoms with Crippen LogP contribution in [0.1, 0.15) is 96.0 Å². The van der Waals surface area contributed by atoms with Crippen LogP contribution in [-0.4, -0.2) is 7.11 Å². The summed E-state index contributed by atoms with van der Waals surface area (Å²) in [6.07, 6.45) is 19.9. The quantitative estimate of drug-likeness (QED) is 0.355. The number of unbranched alkanes of at least 4 members (excludes halogenated alkanes) is 2. The van der Waals surface area contributed by atoms with Crippen LogP contribution >= 0.6 is 0 Å². The van der Waals surface area contributed by atoms with Gasteiger partial charge in [-0.1, -0.05) is 82.6 Å². The van der Waals surface area contributed by atoms with Crippen LogP contribution in [0.5, 0.6) is 5.75 Å². The molecule has 0 N–H and O–H groups in total. The lowest BCUT2D eigenvalue weighted by molar-refractivity contribution is 0.140. The minimum atomic E-state index is -0.245. The summed E-state index contributed by atoms with van der Waals surface area (Å²) in [5.41, 5.74) is 1.34. The number of aryl methyl sites for hydroxylation is 1. The Bertz CT molecular complexity index is 843. The molecule has 2 aromatic rings. The van der Waals surface area contributed by atoms with Crippen molar-refractivity contribution in [2.45, 2.75) is 96.8 Å². The third kappa shape index (κ3) is 5.86. The summed E-state index contributed by atoms with van der Waals surface area (Å²) >= 11 is 0. The summed E-state index contributed by atoms with van der Waals surface area (Å²) in [6, 6.07) is 9.92. The first kappa shape index (κ1) is 23.6. The first-order chi connectivity index (χ1) is 15.7. The Labute approximate surface area is 195 Å². The second-order valence-corrected chi connectivity index (χ2v) is 10.7. The van der Waals surface area contributed by atoms with Gasteiger partial charge in [0.05, 0.1) is 7.11 Å². The predicted molar refractivity (Wildman–Crippen MR) is 134 cm³/mol. The van der Waals surface area contributed by atoms with Crippen LogP contribution in [-0.2, 0) is 6.42 Å². The molecule has 0 bridgehead atoms. The van der Waals surface area contributed by atoms with Crippen molar-refractivity contribution >= 4 is 10.8 Å². The Balaban J connectivity index is 1.20. The summed E-state index contributed by atoms with van der Waals surface area (Å²) in [5, 5.41) is 1.64. The average Bonchev–Trinajstić information content (AvgIpc) is 2.84. The molecule has 0 amide bonds. The SMILES string of the molecule is CCCCCC1CCC(C2CCC(CCc3ccc4c(F)c(OC)ccc4c3)CC2)CC1. The number of ether oxygens (including phenoxy) is 1. The van der Waals surface area contributed by atoms with E-state index in [0.717, 1.165) is 35.5 Å². The van der Waals surface area contributed by atoms with Crippen molar-refractivity contribution in [3.63, 3.8) is 0 Å². The highest BCUT2D eigenvalue weighted by molar-refractivity contribution is 5.85. The van der Waals surface area contributed by atoms with Gasteiger partial charge >= 0.3 is 0 Å². The zero-order chi connectivity index (χ0) is 22.3. The molecule has 32 heavy (non-hydrogen) atoms. The molecule has 2 aromatic carbocycles. The normalized spacial score (nSPS) is 26.3. The summed E-state index contributed by atoms with van der Waals surface area (Å²) in [4.78, 5) is 0. The second kappa shape index (κ2) is 11.5. The van der Waals surface area contributed by atoms with Crippen LogP contribution < -0.4 is 4.74 Å². The Morgan fingerprint density at radius 2 is 1.47 bits per heavy atom. The lowest BCUT2D eigenvalue weighted by Gasteiger charge is -2.38. The Kier molecular flexibility index (Phi) is 8.49. The van der Waals surface area contributed by atoms with Crippen molar-refractivity contribution in [2.75, 3.05) is 7.11 Å². The number of halogens is 1. The molecule has 4 rings (SSSR count). The maximum Gasteiger partial charge on any atom is 0.172 e. The van der Waals surface area contributed by atoms with Crippen LogP contribution in [0.15, 0.2) is 30.3 Å². The Hall–Kier alpha value is -1.57. The fourth-order valence-corrected chi connectivity index (χ4v) is 6.58. The van der Waals surface area contributed by atoms with Gasteiger partial charge in [-0.25, -0.2) is 4.39 Å². The van der Waals surface area contributed by atoms with E-state index in [9.17, 15) is 4.39 Å². The molecule has 176 valence electrons. The summed E-state index contributed by atoms with van der Waals surface area (Å²) in [5.74, 6) is 4.01. The van der Waals surface area contributed by atoms with Crippen molar-refractivity contribution in [3.8, 4) is 5.75 Å². The molecule has 0 spiro atoms. The van der Waals surface area contributed by atoms with Crippen LogP contribution in [0.2, 0.25) is 0 Å². The molecule has 2 aliphatic rings. The lowest BCUT2D eigenvalue weighted by Crippen LogP contribution is -2.26. The molecule has 0 aromatic heterocycles. The number of methoxy groups -OCH3 is 1. The molecule has 0 heterocycles. The molecular weight excluding hydrogens is 395 g/mol. The van der Waals surface area contributed by atoms with Gasteiger partial charge < -0.3 is 4.74 Å². The number of hydrogen-bond donors (Lipinski definition) is 0. The number of fused-ring (bicyclic) bond motifs is 1. The number of hydrogen-bond acceptors (Lipinski definition) is 1. The van der Waals surface area contributed by atoms with Gasteiger partial charge in [0.25, 0.3) is 0 Å². The van der Waals surface area contributed by atoms with E-state index in [0.29, 0.717) is 11.1 Å². The monoisotopic (exact) mass is 438 g/mol. The van der Waals surface area contributed by atoms with Crippen molar-refractivity contribution in [1.29, 1.82) is 0 Å². The van der Waals surface area contributed by atoms with E-state index in [1.165, 1.54) is 96.1 Å². The molecule has 0 saturated heterocycles. The van der Waals surface area contributed by atoms with Crippen molar-refractivity contribution in [2.24, 2.45) is 23.7 Å². The molecule has 0 radical (unpaired) electrons. The second-order valence-electron chi connectivity index (χ2n) is 10.7. The lowest BCUT2D eigenvalue weighted by atomic mass is 9.68. The maximum absolute atomic E-state index is 14.4. The highest BCUT2D eigenvalue weighted by Gasteiger charge is 2.30. The van der Waals surface area contributed by atoms with Gasteiger partial charge in [0.1, 0.15) is 0 Å². The van der Waals surface area contributed by atoms with Crippen LogP contribution in [0, 0.1) is 29.5 Å². The van der Waals surface area contributed by atoms with E-state index >= 15 is 0 Å². The van der Waals surface area contributed by atoms with E-state index in [4.69, 9.17) is 4.74 Å². The van der Waals surface area contributed by atoms with Crippen LogP contribution in [0.4, 0.5) is 4.39 Å². The van der Waals surface area contributed by atoms with Gasteiger partial charge in [0.15, 0.2) is 11.6 Å². The fraction of sp³-hybridized carbons (Fsp3) is 0.667. The molecule has 2 saturated carbocycles. The van der Waals surface area contributed by atoms with Gasteiger partial charge in [-0.15, -0.1) is 0 Å². The van der Waals surface area contributed by atoms with E-state index in [2.05, 4.69) is 19.1 Å². The summed E-state index contributed by atoms with van der Waals surface area (Å²) in [6.45, 7) is 2.31. The summed E-state index contributed by atoms with van der Waals surface area (Å²) < 4.78 is 19.5. The average molecular weight is 439 g/mol. The first-order valence-corrected chi connectivity index (χ1v) is 13.4. The zero-order valence-corrected chi connectivity index (χ0v) is 20.4. The van der Waals surface area contributed by atoms with Crippen LogP contribution in [0.25, 0.3) is 10.8 Å². The molecule has 1 nitrogen and oxygen atoms in total. The van der Waals surface area contributed by atoms with Gasteiger partial charge in [-0.3, -0.25) is 0 Å². The number of rotatable bonds is 9. The van der Waals surface area contributed by atoms with Gasteiger partial charge in [0.2, 0.25) is 0 Å². The molecular formula is C30H43FO. The summed E-state index contributed by atoms with van der Waals surface area (Å²) in [7, 11) is 1.52. The molecule has 2 aliphatic carbocycles. The van der Waals surface area contributed by atoms with E-state index in [1.54, 1.807) is 6.07 Å². The first-order valence-electron chi connectivity index (χ1n) is 13.4. The minimum Gasteiger partial charge on any atom is -0.494 e. The Morgan fingerprint density at radius 3 is 2.09 bits per heavy atom. The Morgan fingerprint density at radius 1 is 0.812 bits per heavy atom. The minimum absolute atomic E-state index is 0.245. The third-order valence-electron chi connectivity index (χ3n) is 8.71. The largest absolute Gasteiger partial charge is 0.494 e. The van der Waals surface area contributed by atoms with Gasteiger partial charge in [-0.05, 0) is 79.2 Å². The van der Waals surface area contributed by atoms with Crippen molar-refractivity contribution in [3.05, 3.63) is 41.7 Å². The van der Waals surface area contributed by atoms with Gasteiger partial charge in [0, 0.05) is 5.39 Å². The molecule has 0 unspecified atom stereocenters. The third-order valence-corrected chi connectivity index (χ3v) is 8.71. The smallest absolute Gasteiger partial charge is 0.172 e. The van der Waals surface area contributed by atoms with E-state index in [-0.39, 0.29) is 5.82 Å². The zero-order valence-electron chi connectivity index (χ0n) is 20.4. The van der Waals surface area contributed by atoms with Crippen LogP contribution in [0.3, 0.4) is 0 Å². The van der Waals surface area contributed by atoms with Crippen molar-refractivity contribution in [1.82, 2.24) is 0 Å². The van der Waals surface area contributed by atoms with Gasteiger partial charge in [-0.2, -0.15) is 0 Å². The highest BCUT2D eigenvalue weighted by Crippen LogP contribution is 2.43. The van der Waals surface area contributed by atoms with Crippen molar-refractivity contribution < 1.29 is 9.13 Å². The van der Waals surface area contributed by atoms with E-state index < -0.39 is 0 Å². The molecule has 2 fully saturated rings. The molecule has 0 atom stereocenters. The number of benzene rings is 2. The predicted octanol–water partition coefficient (Wildman–Crippen LogP) is 9.11.